The van der Waals surface area contributed by atoms with Gasteiger partial charge < -0.3 is 4.74 Å². The minimum absolute atomic E-state index is 0.650. The molecule has 84 valence electrons. The third-order valence-electron chi connectivity index (χ3n) is 2.46. The highest BCUT2D eigenvalue weighted by Gasteiger charge is 2.12. The summed E-state index contributed by atoms with van der Waals surface area (Å²) >= 11 is 9.35. The van der Waals surface area contributed by atoms with E-state index in [1.54, 1.807) is 18.3 Å². The lowest BCUT2D eigenvalue weighted by Gasteiger charge is -2.08. The van der Waals surface area contributed by atoms with Crippen LogP contribution in [0.25, 0.3) is 0 Å². The highest BCUT2D eigenvalue weighted by Crippen LogP contribution is 2.38. The maximum atomic E-state index is 5.93. The van der Waals surface area contributed by atoms with Crippen LogP contribution in [0.15, 0.2) is 45.9 Å². The maximum Gasteiger partial charge on any atom is 0.153 e. The fourth-order valence-corrected chi connectivity index (χ4v) is 2.14. The second-order valence-corrected chi connectivity index (χ2v) is 5.01. The number of benzene rings is 2. The van der Waals surface area contributed by atoms with Gasteiger partial charge in [0.15, 0.2) is 5.75 Å². The van der Waals surface area contributed by atoms with Crippen molar-refractivity contribution >= 4 is 39.4 Å². The first-order valence-electron chi connectivity index (χ1n) is 5.03. The van der Waals surface area contributed by atoms with Gasteiger partial charge in [0.2, 0.25) is 0 Å². The molecule has 0 radical (unpaired) electrons. The van der Waals surface area contributed by atoms with Crippen molar-refractivity contribution in [2.24, 2.45) is 4.99 Å². The normalized spacial score (nSPS) is 12.4. The van der Waals surface area contributed by atoms with Crippen molar-refractivity contribution in [2.45, 2.75) is 0 Å². The van der Waals surface area contributed by atoms with E-state index in [2.05, 4.69) is 20.9 Å². The summed E-state index contributed by atoms with van der Waals surface area (Å²) in [4.78, 5) is 4.37. The van der Waals surface area contributed by atoms with E-state index >= 15 is 0 Å². The summed E-state index contributed by atoms with van der Waals surface area (Å²) in [6.07, 6.45) is 1.78. The molecule has 0 saturated carbocycles. The Morgan fingerprint density at radius 1 is 1.06 bits per heavy atom. The van der Waals surface area contributed by atoms with Gasteiger partial charge >= 0.3 is 0 Å². The number of aliphatic imine (C=N–C) groups is 1. The summed E-state index contributed by atoms with van der Waals surface area (Å²) in [5.41, 5.74) is 1.69. The van der Waals surface area contributed by atoms with Gasteiger partial charge in [-0.15, -0.1) is 0 Å². The molecule has 0 aliphatic carbocycles. The Hall–Kier alpha value is -1.32. The number of hydrogen-bond acceptors (Lipinski definition) is 2. The van der Waals surface area contributed by atoms with Gasteiger partial charge in [0, 0.05) is 21.3 Å². The van der Waals surface area contributed by atoms with E-state index in [1.807, 2.05) is 24.3 Å². The Kier molecular flexibility index (Phi) is 2.65. The van der Waals surface area contributed by atoms with Crippen molar-refractivity contribution in [2.75, 3.05) is 0 Å². The third-order valence-corrected chi connectivity index (χ3v) is 3.19. The minimum atomic E-state index is 0.650. The lowest BCUT2D eigenvalue weighted by molar-refractivity contribution is 0.484. The first-order chi connectivity index (χ1) is 8.22. The third kappa shape index (κ3) is 2.08. The lowest BCUT2D eigenvalue weighted by atomic mass is 10.2. The van der Waals surface area contributed by atoms with Gasteiger partial charge in [-0.2, -0.15) is 0 Å². The number of hydrogen-bond donors (Lipinski definition) is 0. The summed E-state index contributed by atoms with van der Waals surface area (Å²) in [5, 5.41) is 0.650. The first kappa shape index (κ1) is 10.8. The van der Waals surface area contributed by atoms with E-state index in [-0.39, 0.29) is 0 Å². The molecule has 1 aliphatic rings. The predicted molar refractivity (Wildman–Crippen MR) is 72.9 cm³/mol. The molecule has 2 aromatic rings. The molecule has 1 aliphatic heterocycles. The fraction of sp³-hybridized carbons (Fsp3) is 0. The second kappa shape index (κ2) is 4.17. The standard InChI is InChI=1S/C13H7BrClNO/c14-9-2-1-8-7-16-11-6-10(15)3-4-12(11)17-13(8)5-9/h1-7H. The molecule has 0 saturated heterocycles. The van der Waals surface area contributed by atoms with Crippen LogP contribution in [0.4, 0.5) is 5.69 Å². The van der Waals surface area contributed by atoms with Crippen LogP contribution < -0.4 is 4.74 Å². The molecule has 17 heavy (non-hydrogen) atoms. The van der Waals surface area contributed by atoms with E-state index in [9.17, 15) is 0 Å². The van der Waals surface area contributed by atoms with Gasteiger partial charge in [-0.3, -0.25) is 4.99 Å². The Morgan fingerprint density at radius 2 is 1.94 bits per heavy atom. The van der Waals surface area contributed by atoms with Crippen LogP contribution in [0.2, 0.25) is 5.02 Å². The van der Waals surface area contributed by atoms with E-state index in [4.69, 9.17) is 16.3 Å². The zero-order chi connectivity index (χ0) is 11.8. The maximum absolute atomic E-state index is 5.93. The molecule has 4 heteroatoms. The van der Waals surface area contributed by atoms with Gasteiger partial charge in [0.05, 0.1) is 0 Å². The smallest absolute Gasteiger partial charge is 0.153 e. The number of halogens is 2. The van der Waals surface area contributed by atoms with E-state index < -0.39 is 0 Å². The SMILES string of the molecule is Clc1ccc2c(c1)N=Cc1ccc(Br)cc1O2. The zero-order valence-electron chi connectivity index (χ0n) is 8.65. The van der Waals surface area contributed by atoms with Crippen LogP contribution in [-0.2, 0) is 0 Å². The molecule has 2 aromatic carbocycles. The largest absolute Gasteiger partial charge is 0.454 e. The number of fused-ring (bicyclic) bond motifs is 2. The molecule has 0 amide bonds. The van der Waals surface area contributed by atoms with Gasteiger partial charge in [-0.25, -0.2) is 0 Å². The molecule has 2 nitrogen and oxygen atoms in total. The Bertz CT molecular complexity index is 625. The fourth-order valence-electron chi connectivity index (χ4n) is 1.64. The summed E-state index contributed by atoms with van der Waals surface area (Å²) < 4.78 is 6.80. The number of ether oxygens (including phenoxy) is 1. The monoisotopic (exact) mass is 307 g/mol. The van der Waals surface area contributed by atoms with Crippen LogP contribution in [0.3, 0.4) is 0 Å². The van der Waals surface area contributed by atoms with E-state index in [0.717, 1.165) is 21.5 Å². The van der Waals surface area contributed by atoms with Crippen LogP contribution in [0.5, 0.6) is 11.5 Å². The Morgan fingerprint density at radius 3 is 2.82 bits per heavy atom. The second-order valence-electron chi connectivity index (χ2n) is 3.65. The molecule has 0 atom stereocenters. The summed E-state index contributed by atoms with van der Waals surface area (Å²) in [7, 11) is 0. The van der Waals surface area contributed by atoms with Crippen LogP contribution >= 0.6 is 27.5 Å². The zero-order valence-corrected chi connectivity index (χ0v) is 11.0. The van der Waals surface area contributed by atoms with Gasteiger partial charge in [0.1, 0.15) is 11.4 Å². The van der Waals surface area contributed by atoms with Crippen LogP contribution in [0.1, 0.15) is 5.56 Å². The summed E-state index contributed by atoms with van der Waals surface area (Å²) in [6.45, 7) is 0. The van der Waals surface area contributed by atoms with Crippen molar-refractivity contribution in [1.29, 1.82) is 0 Å². The molecular weight excluding hydrogens is 302 g/mol. The van der Waals surface area contributed by atoms with Crippen molar-refractivity contribution in [3.8, 4) is 11.5 Å². The first-order valence-corrected chi connectivity index (χ1v) is 6.20. The van der Waals surface area contributed by atoms with E-state index in [1.165, 1.54) is 0 Å². The Labute approximate surface area is 112 Å². The number of nitrogens with zero attached hydrogens (tertiary/aromatic N) is 1. The lowest BCUT2D eigenvalue weighted by Crippen LogP contribution is -1.87. The molecule has 0 aromatic heterocycles. The topological polar surface area (TPSA) is 21.6 Å². The molecule has 0 spiro atoms. The van der Waals surface area contributed by atoms with Gasteiger partial charge in [-0.05, 0) is 36.4 Å². The van der Waals surface area contributed by atoms with Crippen molar-refractivity contribution in [1.82, 2.24) is 0 Å². The van der Waals surface area contributed by atoms with Crippen molar-refractivity contribution in [3.05, 3.63) is 51.5 Å². The van der Waals surface area contributed by atoms with Crippen LogP contribution in [-0.4, -0.2) is 6.21 Å². The van der Waals surface area contributed by atoms with Gasteiger partial charge in [0.25, 0.3) is 0 Å². The highest BCUT2D eigenvalue weighted by atomic mass is 79.9. The van der Waals surface area contributed by atoms with Crippen molar-refractivity contribution in [3.63, 3.8) is 0 Å². The number of rotatable bonds is 0. The average molecular weight is 309 g/mol. The molecule has 1 heterocycles. The predicted octanol–water partition coefficient (Wildman–Crippen LogP) is 4.96. The molecule has 0 fully saturated rings. The quantitative estimate of drug-likeness (QED) is 0.575. The van der Waals surface area contributed by atoms with E-state index in [0.29, 0.717) is 10.8 Å². The molecular formula is C13H7BrClNO. The molecule has 0 N–H and O–H groups in total. The van der Waals surface area contributed by atoms with Gasteiger partial charge in [-0.1, -0.05) is 27.5 Å². The van der Waals surface area contributed by atoms with Crippen molar-refractivity contribution < 1.29 is 4.74 Å². The molecule has 0 unspecified atom stereocenters. The average Bonchev–Trinajstić information content (AvgIpc) is 2.47. The highest BCUT2D eigenvalue weighted by molar-refractivity contribution is 9.10. The summed E-state index contributed by atoms with van der Waals surface area (Å²) in [5.74, 6) is 1.49. The molecule has 0 bridgehead atoms. The molecule has 3 rings (SSSR count). The summed E-state index contributed by atoms with van der Waals surface area (Å²) in [6, 6.07) is 11.2. The minimum Gasteiger partial charge on any atom is -0.454 e. The van der Waals surface area contributed by atoms with Crippen LogP contribution in [0, 0.1) is 0 Å². The Balaban J connectivity index is 2.16.